The Balaban J connectivity index is 1.80. The molecule has 0 aliphatic rings. The fraction of sp³-hybridized carbons (Fsp3) is 0.250. The largest absolute Gasteiger partial charge is 0.446 e. The van der Waals surface area contributed by atoms with Crippen LogP contribution in [0.15, 0.2) is 46.9 Å². The standard InChI is InChI=1S/C20H17F3N2O/c1-2-3-14-5-6-16(10-18(14)20(21,22)23)25-12-13-4-7-19-15(8-13)9-17(11-24)26-19/h4-10,25H,2-3,12H2,1H3. The van der Waals surface area contributed by atoms with Gasteiger partial charge in [0.15, 0.2) is 0 Å². The minimum absolute atomic E-state index is 0.228. The molecule has 0 saturated carbocycles. The summed E-state index contributed by atoms with van der Waals surface area (Å²) in [6, 6.07) is 13.4. The molecule has 0 saturated heterocycles. The smallest absolute Gasteiger partial charge is 0.416 e. The van der Waals surface area contributed by atoms with E-state index in [0.717, 1.165) is 17.0 Å². The van der Waals surface area contributed by atoms with E-state index in [2.05, 4.69) is 5.32 Å². The molecule has 0 unspecified atom stereocenters. The van der Waals surface area contributed by atoms with Crippen molar-refractivity contribution in [1.82, 2.24) is 0 Å². The lowest BCUT2D eigenvalue weighted by molar-refractivity contribution is -0.138. The molecular formula is C20H17F3N2O. The first-order valence-corrected chi connectivity index (χ1v) is 8.27. The predicted octanol–water partition coefficient (Wildman–Crippen LogP) is 5.89. The Kier molecular flexibility index (Phi) is 4.90. The number of alkyl halides is 3. The zero-order chi connectivity index (χ0) is 18.7. The average molecular weight is 358 g/mol. The van der Waals surface area contributed by atoms with Gasteiger partial charge in [0.25, 0.3) is 0 Å². The SMILES string of the molecule is CCCc1ccc(NCc2ccc3oc(C#N)cc3c2)cc1C(F)(F)F. The van der Waals surface area contributed by atoms with Gasteiger partial charge in [0.2, 0.25) is 5.76 Å². The van der Waals surface area contributed by atoms with Gasteiger partial charge < -0.3 is 9.73 Å². The Labute approximate surface area is 149 Å². The molecule has 0 atom stereocenters. The Morgan fingerprint density at radius 2 is 1.92 bits per heavy atom. The molecule has 1 aromatic heterocycles. The van der Waals surface area contributed by atoms with Gasteiger partial charge in [-0.05, 0) is 41.8 Å². The summed E-state index contributed by atoms with van der Waals surface area (Å²) in [6.07, 6.45) is -3.32. The third-order valence-electron chi connectivity index (χ3n) is 4.12. The van der Waals surface area contributed by atoms with Crippen LogP contribution in [0, 0.1) is 11.3 Å². The molecule has 1 heterocycles. The number of aryl methyl sites for hydroxylation is 1. The Morgan fingerprint density at radius 1 is 1.12 bits per heavy atom. The fourth-order valence-electron chi connectivity index (χ4n) is 2.90. The second-order valence-corrected chi connectivity index (χ2v) is 6.07. The molecule has 1 N–H and O–H groups in total. The lowest BCUT2D eigenvalue weighted by Crippen LogP contribution is -2.10. The molecule has 0 aliphatic carbocycles. The van der Waals surface area contributed by atoms with E-state index in [1.54, 1.807) is 18.2 Å². The second kappa shape index (κ2) is 7.12. The number of halogens is 3. The van der Waals surface area contributed by atoms with Crippen LogP contribution in [-0.2, 0) is 19.1 Å². The van der Waals surface area contributed by atoms with Crippen LogP contribution in [0.3, 0.4) is 0 Å². The summed E-state index contributed by atoms with van der Waals surface area (Å²) in [5.41, 5.74) is 1.63. The number of benzene rings is 2. The Hall–Kier alpha value is -2.94. The molecule has 26 heavy (non-hydrogen) atoms. The van der Waals surface area contributed by atoms with Crippen LogP contribution in [-0.4, -0.2) is 0 Å². The summed E-state index contributed by atoms with van der Waals surface area (Å²) < 4.78 is 45.1. The number of rotatable bonds is 5. The van der Waals surface area contributed by atoms with E-state index in [1.165, 1.54) is 6.07 Å². The normalized spacial score (nSPS) is 11.5. The van der Waals surface area contributed by atoms with E-state index in [0.29, 0.717) is 36.2 Å². The molecule has 0 bridgehead atoms. The first-order valence-electron chi connectivity index (χ1n) is 8.27. The fourth-order valence-corrected chi connectivity index (χ4v) is 2.90. The highest BCUT2D eigenvalue weighted by Crippen LogP contribution is 2.34. The van der Waals surface area contributed by atoms with Gasteiger partial charge in [-0.15, -0.1) is 0 Å². The van der Waals surface area contributed by atoms with Gasteiger partial charge >= 0.3 is 6.18 Å². The number of hydrogen-bond acceptors (Lipinski definition) is 3. The lowest BCUT2D eigenvalue weighted by atomic mass is 10.0. The minimum Gasteiger partial charge on any atom is -0.446 e. The Bertz CT molecular complexity index is 967. The lowest BCUT2D eigenvalue weighted by Gasteiger charge is -2.15. The Morgan fingerprint density at radius 3 is 2.62 bits per heavy atom. The highest BCUT2D eigenvalue weighted by Gasteiger charge is 2.33. The van der Waals surface area contributed by atoms with E-state index < -0.39 is 11.7 Å². The van der Waals surface area contributed by atoms with Crippen LogP contribution in [0.1, 0.15) is 35.8 Å². The van der Waals surface area contributed by atoms with Gasteiger partial charge in [0, 0.05) is 23.7 Å². The number of nitriles is 1. The van der Waals surface area contributed by atoms with Crippen molar-refractivity contribution in [2.45, 2.75) is 32.5 Å². The summed E-state index contributed by atoms with van der Waals surface area (Å²) in [5, 5.41) is 12.7. The van der Waals surface area contributed by atoms with Gasteiger partial charge in [-0.25, -0.2) is 0 Å². The van der Waals surface area contributed by atoms with Crippen molar-refractivity contribution in [2.24, 2.45) is 0 Å². The molecule has 3 aromatic rings. The van der Waals surface area contributed by atoms with Crippen LogP contribution < -0.4 is 5.32 Å². The number of nitrogens with one attached hydrogen (secondary N) is 1. The van der Waals surface area contributed by atoms with Gasteiger partial charge in [0.1, 0.15) is 11.7 Å². The van der Waals surface area contributed by atoms with Crippen molar-refractivity contribution in [2.75, 3.05) is 5.32 Å². The molecule has 134 valence electrons. The zero-order valence-electron chi connectivity index (χ0n) is 14.2. The van der Waals surface area contributed by atoms with Gasteiger partial charge in [0.05, 0.1) is 5.56 Å². The first-order chi connectivity index (χ1) is 12.4. The molecular weight excluding hydrogens is 341 g/mol. The highest BCUT2D eigenvalue weighted by atomic mass is 19.4. The molecule has 0 aliphatic heterocycles. The van der Waals surface area contributed by atoms with Gasteiger partial charge in [-0.2, -0.15) is 18.4 Å². The number of furan rings is 1. The van der Waals surface area contributed by atoms with E-state index in [4.69, 9.17) is 9.68 Å². The molecule has 0 amide bonds. The monoisotopic (exact) mass is 358 g/mol. The zero-order valence-corrected chi connectivity index (χ0v) is 14.2. The third kappa shape index (κ3) is 3.83. The maximum absolute atomic E-state index is 13.3. The highest BCUT2D eigenvalue weighted by molar-refractivity contribution is 5.79. The van der Waals surface area contributed by atoms with E-state index in [-0.39, 0.29) is 5.76 Å². The number of hydrogen-bond donors (Lipinski definition) is 1. The molecule has 0 radical (unpaired) electrons. The number of anilines is 1. The van der Waals surface area contributed by atoms with E-state index in [9.17, 15) is 13.2 Å². The molecule has 2 aromatic carbocycles. The average Bonchev–Trinajstić information content (AvgIpc) is 3.02. The summed E-state index contributed by atoms with van der Waals surface area (Å²) in [4.78, 5) is 0. The third-order valence-corrected chi connectivity index (χ3v) is 4.12. The maximum Gasteiger partial charge on any atom is 0.416 e. The molecule has 0 spiro atoms. The summed E-state index contributed by atoms with van der Waals surface area (Å²) >= 11 is 0. The van der Waals surface area contributed by atoms with Crippen LogP contribution in [0.25, 0.3) is 11.0 Å². The summed E-state index contributed by atoms with van der Waals surface area (Å²) in [7, 11) is 0. The van der Waals surface area contributed by atoms with Crippen molar-refractivity contribution in [3.63, 3.8) is 0 Å². The molecule has 3 rings (SSSR count). The van der Waals surface area contributed by atoms with Gasteiger partial charge in [-0.1, -0.05) is 25.5 Å². The van der Waals surface area contributed by atoms with E-state index in [1.807, 2.05) is 25.1 Å². The van der Waals surface area contributed by atoms with Crippen molar-refractivity contribution in [3.8, 4) is 6.07 Å². The molecule has 6 heteroatoms. The van der Waals surface area contributed by atoms with Crippen molar-refractivity contribution < 1.29 is 17.6 Å². The van der Waals surface area contributed by atoms with Crippen molar-refractivity contribution >= 4 is 16.7 Å². The van der Waals surface area contributed by atoms with Crippen LogP contribution in [0.2, 0.25) is 0 Å². The number of fused-ring (bicyclic) bond motifs is 1. The maximum atomic E-state index is 13.3. The topological polar surface area (TPSA) is 49.0 Å². The van der Waals surface area contributed by atoms with Crippen molar-refractivity contribution in [1.29, 1.82) is 5.26 Å². The van der Waals surface area contributed by atoms with Crippen LogP contribution in [0.5, 0.6) is 0 Å². The summed E-state index contributed by atoms with van der Waals surface area (Å²) in [6.45, 7) is 2.23. The number of nitrogens with zero attached hydrogens (tertiary/aromatic N) is 1. The van der Waals surface area contributed by atoms with Gasteiger partial charge in [-0.3, -0.25) is 0 Å². The molecule has 3 nitrogen and oxygen atoms in total. The van der Waals surface area contributed by atoms with E-state index >= 15 is 0 Å². The van der Waals surface area contributed by atoms with Crippen molar-refractivity contribution in [3.05, 3.63) is 64.9 Å². The van der Waals surface area contributed by atoms with Crippen LogP contribution >= 0.6 is 0 Å². The second-order valence-electron chi connectivity index (χ2n) is 6.07. The minimum atomic E-state index is -4.37. The van der Waals surface area contributed by atoms with Crippen LogP contribution in [0.4, 0.5) is 18.9 Å². The quantitative estimate of drug-likeness (QED) is 0.619. The molecule has 0 fully saturated rings. The first kappa shape index (κ1) is 17.9. The summed E-state index contributed by atoms with van der Waals surface area (Å²) in [5.74, 6) is 0.228. The predicted molar refractivity (Wildman–Crippen MR) is 93.7 cm³/mol.